The Labute approximate surface area is 130 Å². The molecule has 1 aliphatic rings. The molecule has 3 nitrogen and oxygen atoms in total. The number of pyridine rings is 1. The van der Waals surface area contributed by atoms with Crippen LogP contribution in [0.1, 0.15) is 19.4 Å². The van der Waals surface area contributed by atoms with Crippen LogP contribution in [0.4, 0.5) is 0 Å². The highest BCUT2D eigenvalue weighted by molar-refractivity contribution is 6.18. The molecule has 21 heavy (non-hydrogen) atoms. The molecule has 1 unspecified atom stereocenters. The van der Waals surface area contributed by atoms with Crippen LogP contribution in [0.3, 0.4) is 0 Å². The summed E-state index contributed by atoms with van der Waals surface area (Å²) < 4.78 is 5.99. The standard InChI is InChI=1S/C17H21ClN2O/c1-17(2)12-20(11-15(9-18)21-17)10-14-6-3-5-13-7-4-8-19-16(13)14/h3-8,15H,9-12H2,1-2H3. The van der Waals surface area contributed by atoms with E-state index in [4.69, 9.17) is 16.3 Å². The number of nitrogens with zero attached hydrogens (tertiary/aromatic N) is 2. The Morgan fingerprint density at radius 3 is 2.95 bits per heavy atom. The van der Waals surface area contributed by atoms with Gasteiger partial charge in [0.05, 0.1) is 17.2 Å². The summed E-state index contributed by atoms with van der Waals surface area (Å²) in [5.41, 5.74) is 2.20. The van der Waals surface area contributed by atoms with Gasteiger partial charge in [0.25, 0.3) is 0 Å². The molecule has 0 bridgehead atoms. The Hall–Kier alpha value is -1.16. The van der Waals surface area contributed by atoms with Crippen LogP contribution in [0.25, 0.3) is 10.9 Å². The molecule has 0 N–H and O–H groups in total. The molecule has 2 aromatic rings. The Balaban J connectivity index is 1.84. The molecule has 1 aromatic heterocycles. The summed E-state index contributed by atoms with van der Waals surface area (Å²) in [4.78, 5) is 6.95. The fraction of sp³-hybridized carbons (Fsp3) is 0.471. The topological polar surface area (TPSA) is 25.4 Å². The van der Waals surface area contributed by atoms with E-state index in [1.807, 2.05) is 12.3 Å². The normalized spacial score (nSPS) is 22.5. The number of para-hydroxylation sites is 1. The van der Waals surface area contributed by atoms with Crippen molar-refractivity contribution >= 4 is 22.5 Å². The third-order valence-corrected chi connectivity index (χ3v) is 4.18. The highest BCUT2D eigenvalue weighted by Crippen LogP contribution is 2.25. The first-order valence-corrected chi connectivity index (χ1v) is 7.90. The summed E-state index contributed by atoms with van der Waals surface area (Å²) in [6.45, 7) is 6.91. The van der Waals surface area contributed by atoms with Gasteiger partial charge in [0.2, 0.25) is 0 Å². The van der Waals surface area contributed by atoms with Crippen LogP contribution >= 0.6 is 11.6 Å². The van der Waals surface area contributed by atoms with Gasteiger partial charge in [0, 0.05) is 37.1 Å². The molecule has 112 valence electrons. The minimum atomic E-state index is -0.157. The lowest BCUT2D eigenvalue weighted by Gasteiger charge is -2.42. The SMILES string of the molecule is CC1(C)CN(Cc2cccc3cccnc23)CC(CCl)O1. The van der Waals surface area contributed by atoms with Gasteiger partial charge in [0.1, 0.15) is 0 Å². The minimum Gasteiger partial charge on any atom is -0.368 e. The molecule has 1 fully saturated rings. The molecule has 1 aromatic carbocycles. The second-order valence-electron chi connectivity index (χ2n) is 6.32. The molecule has 0 aliphatic carbocycles. The number of hydrogen-bond acceptors (Lipinski definition) is 3. The van der Waals surface area contributed by atoms with Gasteiger partial charge in [-0.2, -0.15) is 0 Å². The van der Waals surface area contributed by atoms with Gasteiger partial charge in [-0.05, 0) is 25.5 Å². The Kier molecular flexibility index (Phi) is 4.16. The molecular weight excluding hydrogens is 284 g/mol. The molecular formula is C17H21ClN2O. The van der Waals surface area contributed by atoms with Crippen molar-refractivity contribution in [3.05, 3.63) is 42.1 Å². The smallest absolute Gasteiger partial charge is 0.0845 e. The lowest BCUT2D eigenvalue weighted by atomic mass is 10.0. The maximum Gasteiger partial charge on any atom is 0.0845 e. The fourth-order valence-corrected chi connectivity index (χ4v) is 3.31. The molecule has 1 atom stereocenters. The average molecular weight is 305 g/mol. The second kappa shape index (κ2) is 5.91. The van der Waals surface area contributed by atoms with Crippen molar-refractivity contribution in [3.63, 3.8) is 0 Å². The number of alkyl halides is 1. The zero-order valence-corrected chi connectivity index (χ0v) is 13.3. The second-order valence-corrected chi connectivity index (χ2v) is 6.62. The summed E-state index contributed by atoms with van der Waals surface area (Å²) >= 11 is 6.01. The first-order valence-electron chi connectivity index (χ1n) is 7.36. The van der Waals surface area contributed by atoms with Crippen LogP contribution in [0.2, 0.25) is 0 Å². The van der Waals surface area contributed by atoms with Gasteiger partial charge < -0.3 is 4.74 Å². The number of hydrogen-bond donors (Lipinski definition) is 0. The summed E-state index contributed by atoms with van der Waals surface area (Å²) in [6.07, 6.45) is 1.95. The largest absolute Gasteiger partial charge is 0.368 e. The molecule has 1 aliphatic heterocycles. The number of rotatable bonds is 3. The molecule has 0 amide bonds. The van der Waals surface area contributed by atoms with Crippen molar-refractivity contribution in [3.8, 4) is 0 Å². The zero-order valence-electron chi connectivity index (χ0n) is 12.6. The maximum absolute atomic E-state index is 6.01. The van der Waals surface area contributed by atoms with Gasteiger partial charge >= 0.3 is 0 Å². The van der Waals surface area contributed by atoms with E-state index >= 15 is 0 Å². The Bertz CT molecular complexity index is 624. The van der Waals surface area contributed by atoms with Crippen LogP contribution in [0.15, 0.2) is 36.5 Å². The highest BCUT2D eigenvalue weighted by Gasteiger charge is 2.33. The summed E-state index contributed by atoms with van der Waals surface area (Å²) in [7, 11) is 0. The summed E-state index contributed by atoms with van der Waals surface area (Å²) in [5.74, 6) is 0.535. The van der Waals surface area contributed by atoms with Crippen LogP contribution in [-0.2, 0) is 11.3 Å². The number of morpholine rings is 1. The predicted molar refractivity (Wildman–Crippen MR) is 86.7 cm³/mol. The first-order chi connectivity index (χ1) is 10.1. The molecule has 2 heterocycles. The number of ether oxygens (including phenoxy) is 1. The Morgan fingerprint density at radius 2 is 2.14 bits per heavy atom. The lowest BCUT2D eigenvalue weighted by molar-refractivity contribution is -0.129. The van der Waals surface area contributed by atoms with E-state index in [2.05, 4.69) is 48.0 Å². The highest BCUT2D eigenvalue weighted by atomic mass is 35.5. The molecule has 3 rings (SSSR count). The average Bonchev–Trinajstić information content (AvgIpc) is 2.46. The molecule has 4 heteroatoms. The molecule has 0 spiro atoms. The van der Waals surface area contributed by atoms with Gasteiger partial charge in [-0.1, -0.05) is 24.3 Å². The monoisotopic (exact) mass is 304 g/mol. The first kappa shape index (κ1) is 14.8. The van der Waals surface area contributed by atoms with Crippen LogP contribution in [0.5, 0.6) is 0 Å². The van der Waals surface area contributed by atoms with Crippen molar-refractivity contribution in [2.24, 2.45) is 0 Å². The fourth-order valence-electron chi connectivity index (χ4n) is 3.15. The van der Waals surface area contributed by atoms with Crippen molar-refractivity contribution in [1.29, 1.82) is 0 Å². The van der Waals surface area contributed by atoms with Gasteiger partial charge in [-0.3, -0.25) is 9.88 Å². The van der Waals surface area contributed by atoms with Crippen molar-refractivity contribution in [2.75, 3.05) is 19.0 Å². The van der Waals surface area contributed by atoms with E-state index in [1.165, 1.54) is 10.9 Å². The van der Waals surface area contributed by atoms with Crippen LogP contribution in [0, 0.1) is 0 Å². The van der Waals surface area contributed by atoms with Crippen molar-refractivity contribution < 1.29 is 4.74 Å². The third-order valence-electron chi connectivity index (χ3n) is 3.83. The quantitative estimate of drug-likeness (QED) is 0.812. The Morgan fingerprint density at radius 1 is 1.33 bits per heavy atom. The van der Waals surface area contributed by atoms with E-state index in [0.717, 1.165) is 25.2 Å². The lowest BCUT2D eigenvalue weighted by Crippen LogP contribution is -2.52. The third kappa shape index (κ3) is 3.37. The van der Waals surface area contributed by atoms with Crippen LogP contribution in [-0.4, -0.2) is 40.6 Å². The zero-order chi connectivity index (χ0) is 14.9. The van der Waals surface area contributed by atoms with Crippen molar-refractivity contribution in [2.45, 2.75) is 32.1 Å². The van der Waals surface area contributed by atoms with Crippen LogP contribution < -0.4 is 0 Å². The minimum absolute atomic E-state index is 0.0957. The van der Waals surface area contributed by atoms with Gasteiger partial charge in [-0.25, -0.2) is 0 Å². The molecule has 0 saturated carbocycles. The molecule has 1 saturated heterocycles. The number of fused-ring (bicyclic) bond motifs is 1. The van der Waals surface area contributed by atoms with E-state index in [-0.39, 0.29) is 11.7 Å². The van der Waals surface area contributed by atoms with E-state index < -0.39 is 0 Å². The summed E-state index contributed by atoms with van der Waals surface area (Å²) in [5, 5.41) is 1.19. The maximum atomic E-state index is 6.01. The number of aromatic nitrogens is 1. The van der Waals surface area contributed by atoms with Gasteiger partial charge in [-0.15, -0.1) is 11.6 Å². The number of halogens is 1. The summed E-state index contributed by atoms with van der Waals surface area (Å²) in [6, 6.07) is 10.5. The number of benzene rings is 1. The van der Waals surface area contributed by atoms with Crippen molar-refractivity contribution in [1.82, 2.24) is 9.88 Å². The van der Waals surface area contributed by atoms with E-state index in [9.17, 15) is 0 Å². The molecule has 0 radical (unpaired) electrons. The predicted octanol–water partition coefficient (Wildman–Crippen LogP) is 3.45. The van der Waals surface area contributed by atoms with E-state index in [0.29, 0.717) is 5.88 Å². The van der Waals surface area contributed by atoms with Gasteiger partial charge in [0.15, 0.2) is 0 Å². The van der Waals surface area contributed by atoms with E-state index in [1.54, 1.807) is 0 Å².